The molecule has 1 saturated carbocycles. The number of likely N-dealkylation sites (tertiary alicyclic amines) is 1. The smallest absolute Gasteiger partial charge is 0.410 e. The number of nitrogens with two attached hydrogens (primary N) is 1. The molecule has 0 aromatic rings. The average Bonchev–Trinajstić information content (AvgIpc) is 2.63. The van der Waals surface area contributed by atoms with E-state index in [9.17, 15) is 4.79 Å². The van der Waals surface area contributed by atoms with E-state index in [1.54, 1.807) is 4.90 Å². The molecule has 2 fully saturated rings. The van der Waals surface area contributed by atoms with Crippen LogP contribution in [-0.4, -0.2) is 35.7 Å². The minimum Gasteiger partial charge on any atom is -0.444 e. The molecule has 2 N–H and O–H groups in total. The number of carbonyl (C=O) groups excluding carboxylic acids is 1. The van der Waals surface area contributed by atoms with Gasteiger partial charge >= 0.3 is 6.09 Å². The SMILES string of the molecule is CC(C)(C)OC(=O)N1CC(C(N)C2CCCC2)C1. The Morgan fingerprint density at radius 1 is 1.22 bits per heavy atom. The summed E-state index contributed by atoms with van der Waals surface area (Å²) in [7, 11) is 0. The second-order valence-electron chi connectivity index (χ2n) is 6.77. The molecule has 0 aromatic carbocycles. The Morgan fingerprint density at radius 2 is 1.78 bits per heavy atom. The van der Waals surface area contributed by atoms with Gasteiger partial charge in [-0.2, -0.15) is 0 Å². The van der Waals surface area contributed by atoms with E-state index in [4.69, 9.17) is 10.5 Å². The van der Waals surface area contributed by atoms with Crippen LogP contribution < -0.4 is 5.73 Å². The summed E-state index contributed by atoms with van der Waals surface area (Å²) in [4.78, 5) is 13.6. The van der Waals surface area contributed by atoms with Gasteiger partial charge in [0.25, 0.3) is 0 Å². The van der Waals surface area contributed by atoms with Gasteiger partial charge in [0.1, 0.15) is 5.60 Å². The number of hydrogen-bond acceptors (Lipinski definition) is 3. The molecule has 18 heavy (non-hydrogen) atoms. The molecule has 1 aliphatic carbocycles. The van der Waals surface area contributed by atoms with E-state index in [1.165, 1.54) is 25.7 Å². The minimum absolute atomic E-state index is 0.197. The Labute approximate surface area is 110 Å². The third-order valence-corrected chi connectivity index (χ3v) is 4.05. The molecule has 1 aliphatic heterocycles. The third-order valence-electron chi connectivity index (χ3n) is 4.05. The Balaban J connectivity index is 1.74. The molecule has 0 aromatic heterocycles. The monoisotopic (exact) mass is 254 g/mol. The maximum Gasteiger partial charge on any atom is 0.410 e. The zero-order valence-electron chi connectivity index (χ0n) is 11.8. The zero-order valence-corrected chi connectivity index (χ0v) is 11.8. The van der Waals surface area contributed by atoms with Crippen LogP contribution >= 0.6 is 0 Å². The predicted molar refractivity (Wildman–Crippen MR) is 71.2 cm³/mol. The first-order valence-corrected chi connectivity index (χ1v) is 7.10. The van der Waals surface area contributed by atoms with E-state index in [0.29, 0.717) is 11.8 Å². The van der Waals surface area contributed by atoms with Crippen LogP contribution in [0.4, 0.5) is 4.79 Å². The van der Waals surface area contributed by atoms with Gasteiger partial charge in [0, 0.05) is 25.0 Å². The minimum atomic E-state index is -0.407. The molecule has 1 heterocycles. The van der Waals surface area contributed by atoms with Crippen LogP contribution in [0.1, 0.15) is 46.5 Å². The van der Waals surface area contributed by atoms with Crippen molar-refractivity contribution < 1.29 is 9.53 Å². The fourth-order valence-corrected chi connectivity index (χ4v) is 2.96. The van der Waals surface area contributed by atoms with E-state index in [2.05, 4.69) is 0 Å². The van der Waals surface area contributed by atoms with E-state index in [-0.39, 0.29) is 12.1 Å². The molecule has 1 unspecified atom stereocenters. The van der Waals surface area contributed by atoms with Gasteiger partial charge in [0.15, 0.2) is 0 Å². The summed E-state index contributed by atoms with van der Waals surface area (Å²) in [6.45, 7) is 7.23. The summed E-state index contributed by atoms with van der Waals surface area (Å²) < 4.78 is 5.34. The Bertz CT molecular complexity index is 299. The topological polar surface area (TPSA) is 55.6 Å². The number of hydrogen-bond donors (Lipinski definition) is 1. The van der Waals surface area contributed by atoms with E-state index in [1.807, 2.05) is 20.8 Å². The highest BCUT2D eigenvalue weighted by molar-refractivity contribution is 5.69. The quantitative estimate of drug-likeness (QED) is 0.823. The molecule has 1 amide bonds. The molecule has 1 atom stereocenters. The van der Waals surface area contributed by atoms with Crippen molar-refractivity contribution in [3.63, 3.8) is 0 Å². The first-order chi connectivity index (χ1) is 8.37. The molecule has 2 rings (SSSR count). The van der Waals surface area contributed by atoms with Crippen molar-refractivity contribution in [2.45, 2.75) is 58.1 Å². The number of amides is 1. The summed E-state index contributed by atoms with van der Waals surface area (Å²) in [6.07, 6.45) is 4.98. The first-order valence-electron chi connectivity index (χ1n) is 7.10. The van der Waals surface area contributed by atoms with Gasteiger partial charge in [-0.3, -0.25) is 0 Å². The lowest BCUT2D eigenvalue weighted by Gasteiger charge is -2.44. The summed E-state index contributed by atoms with van der Waals surface area (Å²) in [6, 6.07) is 0.270. The normalized spacial score (nSPS) is 23.9. The van der Waals surface area contributed by atoms with Gasteiger partial charge in [-0.1, -0.05) is 12.8 Å². The Morgan fingerprint density at radius 3 is 2.28 bits per heavy atom. The van der Waals surface area contributed by atoms with Crippen molar-refractivity contribution in [1.82, 2.24) is 4.90 Å². The second kappa shape index (κ2) is 5.08. The molecule has 104 valence electrons. The summed E-state index contributed by atoms with van der Waals surface area (Å²) in [5.41, 5.74) is 5.89. The van der Waals surface area contributed by atoms with Gasteiger partial charge < -0.3 is 15.4 Å². The van der Waals surface area contributed by atoms with Crippen molar-refractivity contribution in [3.8, 4) is 0 Å². The summed E-state index contributed by atoms with van der Waals surface area (Å²) >= 11 is 0. The van der Waals surface area contributed by atoms with Crippen molar-refractivity contribution in [3.05, 3.63) is 0 Å². The highest BCUT2D eigenvalue weighted by Crippen LogP contribution is 2.33. The first kappa shape index (κ1) is 13.7. The maximum absolute atomic E-state index is 11.8. The van der Waals surface area contributed by atoms with Crippen LogP contribution in [0.25, 0.3) is 0 Å². The van der Waals surface area contributed by atoms with Crippen molar-refractivity contribution in [2.24, 2.45) is 17.6 Å². The van der Waals surface area contributed by atoms with Crippen molar-refractivity contribution in [2.75, 3.05) is 13.1 Å². The lowest BCUT2D eigenvalue weighted by molar-refractivity contribution is -0.00782. The Hall–Kier alpha value is -0.770. The van der Waals surface area contributed by atoms with Crippen molar-refractivity contribution in [1.29, 1.82) is 0 Å². The van der Waals surface area contributed by atoms with Crippen LogP contribution in [0, 0.1) is 11.8 Å². The van der Waals surface area contributed by atoms with E-state index in [0.717, 1.165) is 13.1 Å². The van der Waals surface area contributed by atoms with Gasteiger partial charge in [-0.05, 0) is 39.5 Å². The molecule has 0 spiro atoms. The Kier molecular flexibility index (Phi) is 3.85. The third kappa shape index (κ3) is 3.16. The highest BCUT2D eigenvalue weighted by atomic mass is 16.6. The van der Waals surface area contributed by atoms with Crippen LogP contribution in [0.3, 0.4) is 0 Å². The molecule has 0 bridgehead atoms. The molecule has 4 nitrogen and oxygen atoms in total. The van der Waals surface area contributed by atoms with Crippen LogP contribution in [0.15, 0.2) is 0 Å². The average molecular weight is 254 g/mol. The number of ether oxygens (including phenoxy) is 1. The van der Waals surface area contributed by atoms with E-state index >= 15 is 0 Å². The molecular weight excluding hydrogens is 228 g/mol. The van der Waals surface area contributed by atoms with Gasteiger partial charge in [-0.25, -0.2) is 4.79 Å². The van der Waals surface area contributed by atoms with E-state index < -0.39 is 5.60 Å². The fraction of sp³-hybridized carbons (Fsp3) is 0.929. The molecule has 4 heteroatoms. The number of carbonyl (C=O) groups is 1. The largest absolute Gasteiger partial charge is 0.444 e. The summed E-state index contributed by atoms with van der Waals surface area (Å²) in [5, 5.41) is 0. The second-order valence-corrected chi connectivity index (χ2v) is 6.77. The zero-order chi connectivity index (χ0) is 13.3. The maximum atomic E-state index is 11.8. The lowest BCUT2D eigenvalue weighted by atomic mass is 9.83. The van der Waals surface area contributed by atoms with Crippen LogP contribution in [0.5, 0.6) is 0 Å². The molecular formula is C14H26N2O2. The molecule has 0 radical (unpaired) electrons. The van der Waals surface area contributed by atoms with Gasteiger partial charge in [0.2, 0.25) is 0 Å². The number of nitrogens with zero attached hydrogens (tertiary/aromatic N) is 1. The number of rotatable bonds is 2. The van der Waals surface area contributed by atoms with Crippen molar-refractivity contribution >= 4 is 6.09 Å². The summed E-state index contributed by atoms with van der Waals surface area (Å²) in [5.74, 6) is 1.15. The van der Waals surface area contributed by atoms with Crippen LogP contribution in [-0.2, 0) is 4.74 Å². The molecule has 1 saturated heterocycles. The standard InChI is InChI=1S/C14H26N2O2/c1-14(2,3)18-13(17)16-8-11(9-16)12(15)10-6-4-5-7-10/h10-12H,4-9,15H2,1-3H3. The fourth-order valence-electron chi connectivity index (χ4n) is 2.96. The van der Waals surface area contributed by atoms with Gasteiger partial charge in [-0.15, -0.1) is 0 Å². The highest BCUT2D eigenvalue weighted by Gasteiger charge is 2.39. The molecule has 2 aliphatic rings. The lowest BCUT2D eigenvalue weighted by Crippen LogP contribution is -2.58. The van der Waals surface area contributed by atoms with Gasteiger partial charge in [0.05, 0.1) is 0 Å². The predicted octanol–water partition coefficient (Wildman–Crippen LogP) is 2.37. The van der Waals surface area contributed by atoms with Crippen LogP contribution in [0.2, 0.25) is 0 Å².